The first-order chi connectivity index (χ1) is 9.20. The van der Waals surface area contributed by atoms with E-state index in [0.717, 1.165) is 22.5 Å². The van der Waals surface area contributed by atoms with Crippen molar-refractivity contribution in [1.82, 2.24) is 9.55 Å². The highest BCUT2D eigenvalue weighted by molar-refractivity contribution is 7.71. The van der Waals surface area contributed by atoms with E-state index in [4.69, 9.17) is 17.0 Å². The third-order valence-corrected chi connectivity index (χ3v) is 3.48. The van der Waals surface area contributed by atoms with E-state index < -0.39 is 0 Å². The van der Waals surface area contributed by atoms with Crippen LogP contribution in [0.1, 0.15) is 5.56 Å². The molecule has 96 valence electrons. The number of nitrogens with zero attached hydrogens (tertiary/aromatic N) is 1. The van der Waals surface area contributed by atoms with Crippen LogP contribution in [0.3, 0.4) is 0 Å². The summed E-state index contributed by atoms with van der Waals surface area (Å²) >= 11 is 5.43. The van der Waals surface area contributed by atoms with E-state index in [1.807, 2.05) is 22.8 Å². The topological polar surface area (TPSA) is 29.9 Å². The second kappa shape index (κ2) is 4.55. The average Bonchev–Trinajstić information content (AvgIpc) is 2.76. The molecule has 3 aromatic rings. The lowest BCUT2D eigenvalue weighted by Crippen LogP contribution is -1.93. The summed E-state index contributed by atoms with van der Waals surface area (Å²) in [6.07, 6.45) is 0. The molecule has 1 N–H and O–H groups in total. The number of hydrogen-bond acceptors (Lipinski definition) is 2. The fourth-order valence-electron chi connectivity index (χ4n) is 2.22. The van der Waals surface area contributed by atoms with Crippen molar-refractivity contribution in [3.8, 4) is 11.4 Å². The van der Waals surface area contributed by atoms with Crippen LogP contribution in [0.15, 0.2) is 42.5 Å². The molecule has 0 unspecified atom stereocenters. The van der Waals surface area contributed by atoms with Gasteiger partial charge in [0.1, 0.15) is 11.3 Å². The largest absolute Gasteiger partial charge is 0.494 e. The molecular weight excluding hydrogens is 256 g/mol. The van der Waals surface area contributed by atoms with Crippen molar-refractivity contribution in [2.75, 3.05) is 7.11 Å². The number of H-pyrrole nitrogens is 1. The van der Waals surface area contributed by atoms with Crippen LogP contribution in [-0.4, -0.2) is 16.7 Å². The van der Waals surface area contributed by atoms with E-state index in [1.54, 1.807) is 7.11 Å². The number of aromatic nitrogens is 2. The zero-order valence-corrected chi connectivity index (χ0v) is 11.6. The lowest BCUT2D eigenvalue weighted by Gasteiger charge is -2.06. The maximum absolute atomic E-state index is 5.43. The van der Waals surface area contributed by atoms with Gasteiger partial charge in [-0.25, -0.2) is 0 Å². The fraction of sp³-hybridized carbons (Fsp3) is 0.133. The standard InChI is InChI=1S/C15H14N2OS/c1-10-6-8-11(9-7-10)17-12-4-3-5-13(18-2)14(12)16-15(17)19/h3-9H,1-2H3,(H,16,19). The number of methoxy groups -OCH3 is 1. The zero-order chi connectivity index (χ0) is 13.4. The van der Waals surface area contributed by atoms with Gasteiger partial charge in [-0.2, -0.15) is 0 Å². The van der Waals surface area contributed by atoms with Crippen LogP contribution in [-0.2, 0) is 0 Å². The molecule has 1 aromatic heterocycles. The quantitative estimate of drug-likeness (QED) is 0.713. The van der Waals surface area contributed by atoms with Crippen LogP contribution in [0.2, 0.25) is 0 Å². The number of para-hydroxylation sites is 1. The molecule has 0 atom stereocenters. The van der Waals surface area contributed by atoms with Crippen LogP contribution in [0.4, 0.5) is 0 Å². The third kappa shape index (κ3) is 1.94. The van der Waals surface area contributed by atoms with Crippen molar-refractivity contribution in [3.63, 3.8) is 0 Å². The van der Waals surface area contributed by atoms with Crippen LogP contribution in [0.25, 0.3) is 16.7 Å². The predicted molar refractivity (Wildman–Crippen MR) is 79.7 cm³/mol. The maximum atomic E-state index is 5.43. The van der Waals surface area contributed by atoms with E-state index in [9.17, 15) is 0 Å². The molecule has 0 amide bonds. The first-order valence-electron chi connectivity index (χ1n) is 6.05. The van der Waals surface area contributed by atoms with Crippen LogP contribution < -0.4 is 4.74 Å². The van der Waals surface area contributed by atoms with E-state index in [-0.39, 0.29) is 0 Å². The molecule has 3 nitrogen and oxygen atoms in total. The van der Waals surface area contributed by atoms with Crippen molar-refractivity contribution in [2.24, 2.45) is 0 Å². The normalized spacial score (nSPS) is 10.8. The summed E-state index contributed by atoms with van der Waals surface area (Å²) in [5.74, 6) is 0.800. The van der Waals surface area contributed by atoms with Gasteiger partial charge in [0.05, 0.1) is 12.6 Å². The Morgan fingerprint density at radius 3 is 2.53 bits per heavy atom. The Morgan fingerprint density at radius 2 is 1.84 bits per heavy atom. The summed E-state index contributed by atoms with van der Waals surface area (Å²) in [7, 11) is 1.66. The summed E-state index contributed by atoms with van der Waals surface area (Å²) in [5.41, 5.74) is 4.23. The molecule has 0 aliphatic carbocycles. The molecular formula is C15H14N2OS. The Hall–Kier alpha value is -2.07. The second-order valence-corrected chi connectivity index (χ2v) is 4.84. The minimum absolute atomic E-state index is 0.670. The van der Waals surface area contributed by atoms with E-state index in [1.165, 1.54) is 5.56 Å². The molecule has 0 spiro atoms. The van der Waals surface area contributed by atoms with Gasteiger partial charge in [-0.05, 0) is 43.4 Å². The Labute approximate surface area is 116 Å². The number of hydrogen-bond donors (Lipinski definition) is 1. The average molecular weight is 270 g/mol. The highest BCUT2D eigenvalue weighted by atomic mass is 32.1. The molecule has 0 bridgehead atoms. The Kier molecular flexibility index (Phi) is 2.87. The summed E-state index contributed by atoms with van der Waals surface area (Å²) in [5, 5.41) is 0. The third-order valence-electron chi connectivity index (χ3n) is 3.19. The summed E-state index contributed by atoms with van der Waals surface area (Å²) < 4.78 is 8.05. The molecule has 2 aromatic carbocycles. The number of nitrogens with one attached hydrogen (secondary N) is 1. The van der Waals surface area contributed by atoms with Crippen LogP contribution >= 0.6 is 12.2 Å². The first-order valence-corrected chi connectivity index (χ1v) is 6.46. The number of imidazole rings is 1. The molecule has 0 aliphatic rings. The monoisotopic (exact) mass is 270 g/mol. The lowest BCUT2D eigenvalue weighted by molar-refractivity contribution is 0.419. The first kappa shape index (κ1) is 12.0. The van der Waals surface area contributed by atoms with Crippen molar-refractivity contribution in [2.45, 2.75) is 6.92 Å². The Morgan fingerprint density at radius 1 is 1.11 bits per heavy atom. The molecule has 0 fully saturated rings. The minimum atomic E-state index is 0.670. The molecule has 4 heteroatoms. The van der Waals surface area contributed by atoms with Gasteiger partial charge >= 0.3 is 0 Å². The number of rotatable bonds is 2. The predicted octanol–water partition coefficient (Wildman–Crippen LogP) is 4.01. The summed E-state index contributed by atoms with van der Waals surface area (Å²) in [6, 6.07) is 14.2. The highest BCUT2D eigenvalue weighted by Gasteiger charge is 2.09. The van der Waals surface area contributed by atoms with Gasteiger partial charge in [-0.3, -0.25) is 4.57 Å². The molecule has 19 heavy (non-hydrogen) atoms. The molecule has 3 rings (SSSR count). The highest BCUT2D eigenvalue weighted by Crippen LogP contribution is 2.26. The number of aryl methyl sites for hydroxylation is 1. The molecule has 0 aliphatic heterocycles. The number of benzene rings is 2. The van der Waals surface area contributed by atoms with E-state index >= 15 is 0 Å². The van der Waals surface area contributed by atoms with Gasteiger partial charge < -0.3 is 9.72 Å². The maximum Gasteiger partial charge on any atom is 0.182 e. The number of fused-ring (bicyclic) bond motifs is 1. The SMILES string of the molecule is COc1cccc2c1[nH]c(=S)n2-c1ccc(C)cc1. The van der Waals surface area contributed by atoms with E-state index in [2.05, 4.69) is 36.2 Å². The Balaban J connectivity index is 2.32. The molecule has 0 saturated heterocycles. The van der Waals surface area contributed by atoms with Crippen molar-refractivity contribution in [3.05, 3.63) is 52.8 Å². The zero-order valence-electron chi connectivity index (χ0n) is 10.8. The van der Waals surface area contributed by atoms with Gasteiger partial charge in [-0.15, -0.1) is 0 Å². The smallest absolute Gasteiger partial charge is 0.182 e. The molecule has 1 heterocycles. The van der Waals surface area contributed by atoms with Gasteiger partial charge in [0.25, 0.3) is 0 Å². The molecule has 0 radical (unpaired) electrons. The van der Waals surface area contributed by atoms with E-state index in [0.29, 0.717) is 4.77 Å². The van der Waals surface area contributed by atoms with Crippen LogP contribution in [0, 0.1) is 11.7 Å². The Bertz CT molecular complexity index is 784. The van der Waals surface area contributed by atoms with Gasteiger partial charge in [0, 0.05) is 5.69 Å². The van der Waals surface area contributed by atoms with Crippen molar-refractivity contribution >= 4 is 23.3 Å². The van der Waals surface area contributed by atoms with Gasteiger partial charge in [-0.1, -0.05) is 23.8 Å². The van der Waals surface area contributed by atoms with Crippen molar-refractivity contribution < 1.29 is 4.74 Å². The van der Waals surface area contributed by atoms with Crippen LogP contribution in [0.5, 0.6) is 5.75 Å². The number of ether oxygens (including phenoxy) is 1. The number of aromatic amines is 1. The van der Waals surface area contributed by atoms with Crippen molar-refractivity contribution in [1.29, 1.82) is 0 Å². The lowest BCUT2D eigenvalue weighted by atomic mass is 10.2. The van der Waals surface area contributed by atoms with Gasteiger partial charge in [0.15, 0.2) is 4.77 Å². The molecule has 0 saturated carbocycles. The second-order valence-electron chi connectivity index (χ2n) is 4.46. The summed E-state index contributed by atoms with van der Waals surface area (Å²) in [6.45, 7) is 2.07. The van der Waals surface area contributed by atoms with Gasteiger partial charge in [0.2, 0.25) is 0 Å². The fourth-order valence-corrected chi connectivity index (χ4v) is 2.53. The minimum Gasteiger partial charge on any atom is -0.494 e. The summed E-state index contributed by atoms with van der Waals surface area (Å²) in [4.78, 5) is 3.21.